The molecule has 2 N–H and O–H groups in total. The van der Waals surface area contributed by atoms with Crippen molar-refractivity contribution < 1.29 is 24.2 Å². The number of rotatable bonds is 6. The van der Waals surface area contributed by atoms with E-state index in [-0.39, 0.29) is 5.92 Å². The first-order valence-corrected chi connectivity index (χ1v) is 6.32. The maximum absolute atomic E-state index is 12.1. The van der Waals surface area contributed by atoms with Gasteiger partial charge in [0.1, 0.15) is 17.5 Å². The van der Waals surface area contributed by atoms with Crippen LogP contribution in [0.25, 0.3) is 0 Å². The number of benzene rings is 1. The fourth-order valence-corrected chi connectivity index (χ4v) is 1.97. The van der Waals surface area contributed by atoms with Crippen LogP contribution in [0.5, 0.6) is 11.5 Å². The molecule has 0 spiro atoms. The fraction of sp³-hybridized carbons (Fsp3) is 0.429. The molecule has 1 aliphatic rings. The Morgan fingerprint density at radius 2 is 1.75 bits per heavy atom. The summed E-state index contributed by atoms with van der Waals surface area (Å²) in [5.74, 6) is -0.457. The second kappa shape index (κ2) is 5.81. The predicted octanol–water partition coefficient (Wildman–Crippen LogP) is 1.30. The average molecular weight is 279 g/mol. The molecule has 0 radical (unpaired) electrons. The second-order valence-electron chi connectivity index (χ2n) is 4.73. The van der Waals surface area contributed by atoms with Crippen LogP contribution in [-0.2, 0) is 4.79 Å². The molecule has 1 fully saturated rings. The van der Waals surface area contributed by atoms with Gasteiger partial charge in [0.05, 0.1) is 14.2 Å². The summed E-state index contributed by atoms with van der Waals surface area (Å²) in [6.45, 7) is 0. The van der Waals surface area contributed by atoms with Gasteiger partial charge in [0.25, 0.3) is 5.91 Å². The lowest BCUT2D eigenvalue weighted by molar-refractivity contribution is -0.139. The minimum atomic E-state index is -1.00. The maximum atomic E-state index is 12.1. The summed E-state index contributed by atoms with van der Waals surface area (Å²) in [7, 11) is 2.97. The largest absolute Gasteiger partial charge is 0.497 e. The van der Waals surface area contributed by atoms with E-state index < -0.39 is 17.9 Å². The SMILES string of the molecule is COc1cc(OC)cc(C(=O)NC(C(=O)O)C2CC2)c1. The molecule has 1 unspecified atom stereocenters. The van der Waals surface area contributed by atoms with E-state index in [1.807, 2.05) is 0 Å². The predicted molar refractivity (Wildman–Crippen MR) is 71.2 cm³/mol. The first-order chi connectivity index (χ1) is 9.55. The molecule has 1 amide bonds. The number of methoxy groups -OCH3 is 2. The van der Waals surface area contributed by atoms with Crippen molar-refractivity contribution in [1.29, 1.82) is 0 Å². The van der Waals surface area contributed by atoms with Gasteiger partial charge >= 0.3 is 5.97 Å². The van der Waals surface area contributed by atoms with Crippen LogP contribution in [-0.4, -0.2) is 37.2 Å². The Hall–Kier alpha value is -2.24. The molecule has 0 saturated heterocycles. The molecule has 0 bridgehead atoms. The summed E-state index contributed by atoms with van der Waals surface area (Å²) in [6.07, 6.45) is 1.66. The number of ether oxygens (including phenoxy) is 2. The summed E-state index contributed by atoms with van der Waals surface area (Å²) >= 11 is 0. The van der Waals surface area contributed by atoms with Crippen LogP contribution in [0, 0.1) is 5.92 Å². The van der Waals surface area contributed by atoms with Crippen LogP contribution < -0.4 is 14.8 Å². The number of hydrogen-bond donors (Lipinski definition) is 2. The van der Waals surface area contributed by atoms with Crippen molar-refractivity contribution in [2.24, 2.45) is 5.92 Å². The van der Waals surface area contributed by atoms with Crippen molar-refractivity contribution in [3.63, 3.8) is 0 Å². The summed E-state index contributed by atoms with van der Waals surface area (Å²) in [5, 5.41) is 11.7. The van der Waals surface area contributed by atoms with Crippen molar-refractivity contribution >= 4 is 11.9 Å². The second-order valence-corrected chi connectivity index (χ2v) is 4.73. The summed E-state index contributed by atoms with van der Waals surface area (Å²) in [4.78, 5) is 23.3. The van der Waals surface area contributed by atoms with Gasteiger partial charge in [-0.05, 0) is 30.9 Å². The van der Waals surface area contributed by atoms with Gasteiger partial charge in [-0.1, -0.05) is 0 Å². The summed E-state index contributed by atoms with van der Waals surface area (Å²) < 4.78 is 10.2. The van der Waals surface area contributed by atoms with Gasteiger partial charge in [-0.2, -0.15) is 0 Å². The Morgan fingerprint density at radius 3 is 2.15 bits per heavy atom. The smallest absolute Gasteiger partial charge is 0.326 e. The van der Waals surface area contributed by atoms with E-state index in [0.717, 1.165) is 12.8 Å². The van der Waals surface area contributed by atoms with Gasteiger partial charge in [-0.3, -0.25) is 4.79 Å². The minimum Gasteiger partial charge on any atom is -0.497 e. The molecule has 1 atom stereocenters. The van der Waals surface area contributed by atoms with Crippen molar-refractivity contribution in [1.82, 2.24) is 5.32 Å². The van der Waals surface area contributed by atoms with E-state index in [0.29, 0.717) is 17.1 Å². The first-order valence-electron chi connectivity index (χ1n) is 6.32. The zero-order chi connectivity index (χ0) is 14.7. The molecule has 6 nitrogen and oxygen atoms in total. The molecule has 0 aromatic heterocycles. The molecule has 1 aliphatic carbocycles. The molecule has 108 valence electrons. The number of aliphatic carboxylic acids is 1. The zero-order valence-corrected chi connectivity index (χ0v) is 11.4. The molecule has 6 heteroatoms. The topological polar surface area (TPSA) is 84.9 Å². The van der Waals surface area contributed by atoms with Crippen molar-refractivity contribution in [2.75, 3.05) is 14.2 Å². The third kappa shape index (κ3) is 3.20. The molecule has 20 heavy (non-hydrogen) atoms. The van der Waals surface area contributed by atoms with E-state index in [4.69, 9.17) is 14.6 Å². The number of hydrogen-bond acceptors (Lipinski definition) is 4. The van der Waals surface area contributed by atoms with Gasteiger partial charge < -0.3 is 19.9 Å². The number of amides is 1. The van der Waals surface area contributed by atoms with E-state index in [1.165, 1.54) is 14.2 Å². The molecule has 2 rings (SSSR count). The molecule has 0 heterocycles. The lowest BCUT2D eigenvalue weighted by Gasteiger charge is -2.14. The van der Waals surface area contributed by atoms with Gasteiger partial charge in [-0.25, -0.2) is 4.79 Å². The lowest BCUT2D eigenvalue weighted by Crippen LogP contribution is -2.42. The highest BCUT2D eigenvalue weighted by Crippen LogP contribution is 2.33. The molecule has 0 aliphatic heterocycles. The van der Waals surface area contributed by atoms with Crippen molar-refractivity contribution in [2.45, 2.75) is 18.9 Å². The standard InChI is InChI=1S/C14H17NO5/c1-19-10-5-9(6-11(7-10)20-2)13(16)15-12(14(17)18)8-3-4-8/h5-8,12H,3-4H2,1-2H3,(H,15,16)(H,17,18). The molecule has 1 saturated carbocycles. The Kier molecular flexibility index (Phi) is 4.12. The zero-order valence-electron chi connectivity index (χ0n) is 11.4. The number of carboxylic acids is 1. The minimum absolute atomic E-state index is 0.0314. The molecule has 1 aromatic rings. The highest BCUT2D eigenvalue weighted by atomic mass is 16.5. The van der Waals surface area contributed by atoms with Crippen LogP contribution in [0.3, 0.4) is 0 Å². The van der Waals surface area contributed by atoms with E-state index >= 15 is 0 Å². The van der Waals surface area contributed by atoms with Gasteiger partial charge in [0.2, 0.25) is 0 Å². The highest BCUT2D eigenvalue weighted by Gasteiger charge is 2.37. The Morgan fingerprint density at radius 1 is 1.20 bits per heavy atom. The van der Waals surface area contributed by atoms with Gasteiger partial charge in [0, 0.05) is 11.6 Å². The fourth-order valence-electron chi connectivity index (χ4n) is 1.97. The van der Waals surface area contributed by atoms with Gasteiger partial charge in [0.15, 0.2) is 0 Å². The Balaban J connectivity index is 2.17. The van der Waals surface area contributed by atoms with Crippen LogP contribution in [0.2, 0.25) is 0 Å². The lowest BCUT2D eigenvalue weighted by atomic mass is 10.1. The normalized spacial score (nSPS) is 15.3. The first kappa shape index (κ1) is 14.2. The Bertz CT molecular complexity index is 502. The van der Waals surface area contributed by atoms with E-state index in [1.54, 1.807) is 18.2 Å². The highest BCUT2D eigenvalue weighted by molar-refractivity contribution is 5.97. The monoisotopic (exact) mass is 279 g/mol. The number of carboxylic acid groups (broad SMARTS) is 1. The van der Waals surface area contributed by atoms with Crippen LogP contribution >= 0.6 is 0 Å². The molecule has 1 aromatic carbocycles. The van der Waals surface area contributed by atoms with Crippen LogP contribution in [0.15, 0.2) is 18.2 Å². The van der Waals surface area contributed by atoms with Crippen molar-refractivity contribution in [3.05, 3.63) is 23.8 Å². The average Bonchev–Trinajstić information content (AvgIpc) is 3.27. The molecular weight excluding hydrogens is 262 g/mol. The quantitative estimate of drug-likeness (QED) is 0.819. The van der Waals surface area contributed by atoms with Crippen LogP contribution in [0.4, 0.5) is 0 Å². The van der Waals surface area contributed by atoms with Gasteiger partial charge in [-0.15, -0.1) is 0 Å². The van der Waals surface area contributed by atoms with E-state index in [2.05, 4.69) is 5.32 Å². The maximum Gasteiger partial charge on any atom is 0.326 e. The Labute approximate surface area is 116 Å². The van der Waals surface area contributed by atoms with Crippen LogP contribution in [0.1, 0.15) is 23.2 Å². The summed E-state index contributed by atoms with van der Waals surface area (Å²) in [5.41, 5.74) is 0.313. The third-order valence-corrected chi connectivity index (χ3v) is 3.26. The van der Waals surface area contributed by atoms with Crippen molar-refractivity contribution in [3.8, 4) is 11.5 Å². The molecular formula is C14H17NO5. The number of nitrogens with one attached hydrogen (secondary N) is 1. The third-order valence-electron chi connectivity index (χ3n) is 3.26. The number of carbonyl (C=O) groups is 2. The van der Waals surface area contributed by atoms with E-state index in [9.17, 15) is 9.59 Å². The number of carbonyl (C=O) groups excluding carboxylic acids is 1. The summed E-state index contributed by atoms with van der Waals surface area (Å²) in [6, 6.07) is 3.90.